The SMILES string of the molecule is O=S(=O)(NCC1CCNC1)c1ccc(Cl)c(Cl)c1. The van der Waals surface area contributed by atoms with Crippen LogP contribution in [0.1, 0.15) is 6.42 Å². The minimum Gasteiger partial charge on any atom is -0.316 e. The lowest BCUT2D eigenvalue weighted by Crippen LogP contribution is -2.30. The van der Waals surface area contributed by atoms with Gasteiger partial charge in [-0.15, -0.1) is 0 Å². The van der Waals surface area contributed by atoms with Gasteiger partial charge in [-0.1, -0.05) is 23.2 Å². The van der Waals surface area contributed by atoms with Gasteiger partial charge in [0.15, 0.2) is 0 Å². The summed E-state index contributed by atoms with van der Waals surface area (Å²) in [6, 6.07) is 4.29. The molecule has 1 atom stereocenters. The number of hydrogen-bond acceptors (Lipinski definition) is 3. The van der Waals surface area contributed by atoms with Crippen LogP contribution < -0.4 is 10.0 Å². The molecule has 0 spiro atoms. The maximum absolute atomic E-state index is 12.0. The normalized spacial score (nSPS) is 20.2. The highest BCUT2D eigenvalue weighted by molar-refractivity contribution is 7.89. The van der Waals surface area contributed by atoms with Crippen molar-refractivity contribution < 1.29 is 8.42 Å². The molecular formula is C11H14Cl2N2O2S. The van der Waals surface area contributed by atoms with Crippen molar-refractivity contribution in [3.05, 3.63) is 28.2 Å². The lowest BCUT2D eigenvalue weighted by Gasteiger charge is -2.11. The number of hydrogen-bond donors (Lipinski definition) is 2. The molecule has 1 aliphatic heterocycles. The summed E-state index contributed by atoms with van der Waals surface area (Å²) in [6.07, 6.45) is 0.990. The highest BCUT2D eigenvalue weighted by Gasteiger charge is 2.20. The molecule has 2 rings (SSSR count). The predicted octanol–water partition coefficient (Wildman–Crippen LogP) is 1.88. The Morgan fingerprint density at radius 3 is 2.72 bits per heavy atom. The van der Waals surface area contributed by atoms with Gasteiger partial charge in [-0.3, -0.25) is 0 Å². The molecule has 1 aromatic rings. The van der Waals surface area contributed by atoms with E-state index in [1.54, 1.807) is 0 Å². The van der Waals surface area contributed by atoms with E-state index in [4.69, 9.17) is 23.2 Å². The zero-order chi connectivity index (χ0) is 13.2. The Morgan fingerprint density at radius 1 is 1.33 bits per heavy atom. The minimum atomic E-state index is -3.51. The van der Waals surface area contributed by atoms with Gasteiger partial charge in [0.25, 0.3) is 0 Å². The second-order valence-electron chi connectivity index (χ2n) is 4.29. The topological polar surface area (TPSA) is 58.2 Å². The van der Waals surface area contributed by atoms with Gasteiger partial charge in [0.1, 0.15) is 0 Å². The first-order valence-electron chi connectivity index (χ1n) is 5.64. The van der Waals surface area contributed by atoms with Crippen LogP contribution in [0.2, 0.25) is 10.0 Å². The number of nitrogens with one attached hydrogen (secondary N) is 2. The molecule has 1 aliphatic rings. The van der Waals surface area contributed by atoms with Gasteiger partial charge in [-0.05, 0) is 43.6 Å². The highest BCUT2D eigenvalue weighted by atomic mass is 35.5. The summed E-state index contributed by atoms with van der Waals surface area (Å²) < 4.78 is 26.6. The van der Waals surface area contributed by atoms with E-state index < -0.39 is 10.0 Å². The van der Waals surface area contributed by atoms with E-state index in [0.29, 0.717) is 17.5 Å². The van der Waals surface area contributed by atoms with Gasteiger partial charge < -0.3 is 5.32 Å². The van der Waals surface area contributed by atoms with Crippen LogP contribution in [0.25, 0.3) is 0 Å². The van der Waals surface area contributed by atoms with E-state index in [1.807, 2.05) is 0 Å². The highest BCUT2D eigenvalue weighted by Crippen LogP contribution is 2.24. The van der Waals surface area contributed by atoms with Crippen molar-refractivity contribution in [1.29, 1.82) is 0 Å². The molecule has 0 aromatic heterocycles. The van der Waals surface area contributed by atoms with Crippen molar-refractivity contribution in [2.24, 2.45) is 5.92 Å². The van der Waals surface area contributed by atoms with Crippen LogP contribution in [0, 0.1) is 5.92 Å². The summed E-state index contributed by atoms with van der Waals surface area (Å²) in [6.45, 7) is 2.23. The predicted molar refractivity (Wildman–Crippen MR) is 72.6 cm³/mol. The molecule has 0 amide bonds. The smallest absolute Gasteiger partial charge is 0.240 e. The Kier molecular flexibility index (Phi) is 4.50. The Hall–Kier alpha value is -0.330. The molecule has 1 heterocycles. The summed E-state index contributed by atoms with van der Waals surface area (Å²) in [5, 5.41) is 3.77. The Morgan fingerprint density at radius 2 is 2.11 bits per heavy atom. The largest absolute Gasteiger partial charge is 0.316 e. The van der Waals surface area contributed by atoms with Gasteiger partial charge in [0.05, 0.1) is 14.9 Å². The van der Waals surface area contributed by atoms with E-state index >= 15 is 0 Å². The van der Waals surface area contributed by atoms with Gasteiger partial charge in [0, 0.05) is 6.54 Å². The van der Waals surface area contributed by atoms with Crippen molar-refractivity contribution >= 4 is 33.2 Å². The molecule has 0 radical (unpaired) electrons. The van der Waals surface area contributed by atoms with Crippen LogP contribution in [0.15, 0.2) is 23.1 Å². The number of rotatable bonds is 4. The lowest BCUT2D eigenvalue weighted by atomic mass is 10.1. The van der Waals surface area contributed by atoms with Crippen molar-refractivity contribution in [3.63, 3.8) is 0 Å². The molecule has 2 N–H and O–H groups in total. The van der Waals surface area contributed by atoms with E-state index in [1.165, 1.54) is 18.2 Å². The minimum absolute atomic E-state index is 0.142. The molecule has 4 nitrogen and oxygen atoms in total. The third-order valence-electron chi connectivity index (χ3n) is 2.93. The van der Waals surface area contributed by atoms with Crippen molar-refractivity contribution in [1.82, 2.24) is 10.0 Å². The van der Waals surface area contributed by atoms with Crippen molar-refractivity contribution in [2.75, 3.05) is 19.6 Å². The van der Waals surface area contributed by atoms with Gasteiger partial charge in [0.2, 0.25) is 10.0 Å². The summed E-state index contributed by atoms with van der Waals surface area (Å²) in [4.78, 5) is 0.142. The van der Waals surface area contributed by atoms with E-state index in [9.17, 15) is 8.42 Å². The molecule has 0 aliphatic carbocycles. The van der Waals surface area contributed by atoms with Gasteiger partial charge >= 0.3 is 0 Å². The van der Waals surface area contributed by atoms with Crippen LogP contribution >= 0.6 is 23.2 Å². The van der Waals surface area contributed by atoms with Crippen molar-refractivity contribution in [2.45, 2.75) is 11.3 Å². The van der Waals surface area contributed by atoms with Crippen LogP contribution in [0.4, 0.5) is 0 Å². The standard InChI is InChI=1S/C11H14Cl2N2O2S/c12-10-2-1-9(5-11(10)13)18(16,17)15-7-8-3-4-14-6-8/h1-2,5,8,14-15H,3-4,6-7H2. The van der Waals surface area contributed by atoms with E-state index in [0.717, 1.165) is 19.5 Å². The molecule has 0 saturated carbocycles. The fraction of sp³-hybridized carbons (Fsp3) is 0.455. The van der Waals surface area contributed by atoms with Gasteiger partial charge in [-0.2, -0.15) is 0 Å². The molecule has 7 heteroatoms. The molecule has 18 heavy (non-hydrogen) atoms. The molecule has 1 unspecified atom stereocenters. The molecule has 1 saturated heterocycles. The Balaban J connectivity index is 2.07. The fourth-order valence-corrected chi connectivity index (χ4v) is 3.35. The number of sulfonamides is 1. The number of halogens is 2. The maximum atomic E-state index is 12.0. The fourth-order valence-electron chi connectivity index (χ4n) is 1.84. The third kappa shape index (κ3) is 3.36. The van der Waals surface area contributed by atoms with Crippen molar-refractivity contribution in [3.8, 4) is 0 Å². The molecular weight excluding hydrogens is 295 g/mol. The summed E-state index contributed by atoms with van der Waals surface area (Å²) in [5.41, 5.74) is 0. The summed E-state index contributed by atoms with van der Waals surface area (Å²) in [7, 11) is -3.51. The number of benzene rings is 1. The van der Waals surface area contributed by atoms with Crippen LogP contribution in [0.5, 0.6) is 0 Å². The maximum Gasteiger partial charge on any atom is 0.240 e. The summed E-state index contributed by atoms with van der Waals surface area (Å²) in [5.74, 6) is 0.350. The van der Waals surface area contributed by atoms with Gasteiger partial charge in [-0.25, -0.2) is 13.1 Å². The molecule has 1 fully saturated rings. The average Bonchev–Trinajstić information content (AvgIpc) is 2.83. The first-order valence-corrected chi connectivity index (χ1v) is 7.88. The second kappa shape index (κ2) is 5.75. The monoisotopic (exact) mass is 308 g/mol. The average molecular weight is 309 g/mol. The van der Waals surface area contributed by atoms with E-state index in [-0.39, 0.29) is 9.92 Å². The second-order valence-corrected chi connectivity index (χ2v) is 6.87. The summed E-state index contributed by atoms with van der Waals surface area (Å²) >= 11 is 11.6. The zero-order valence-electron chi connectivity index (χ0n) is 9.62. The molecule has 100 valence electrons. The lowest BCUT2D eigenvalue weighted by molar-refractivity contribution is 0.539. The van der Waals surface area contributed by atoms with E-state index in [2.05, 4.69) is 10.0 Å². The first-order chi connectivity index (χ1) is 8.49. The first kappa shape index (κ1) is 14.1. The Labute approximate surface area is 117 Å². The van der Waals surface area contributed by atoms with Crippen LogP contribution in [0.3, 0.4) is 0 Å². The molecule has 0 bridgehead atoms. The molecule has 1 aromatic carbocycles. The quantitative estimate of drug-likeness (QED) is 0.893. The van der Waals surface area contributed by atoms with Crippen LogP contribution in [-0.2, 0) is 10.0 Å². The Bertz CT molecular complexity index is 528. The van der Waals surface area contributed by atoms with Crippen LogP contribution in [-0.4, -0.2) is 28.1 Å². The third-order valence-corrected chi connectivity index (χ3v) is 5.09. The zero-order valence-corrected chi connectivity index (χ0v) is 11.9.